The molecular weight excluding hydrogens is 310 g/mol. The summed E-state index contributed by atoms with van der Waals surface area (Å²) in [5.74, 6) is 0.208. The average molecular weight is 321 g/mol. The highest BCUT2D eigenvalue weighted by Crippen LogP contribution is 2.31. The SMILES string of the molecule is O=C1C2=[N+](CCCC2)Cc2sc(Cl)cc21.[Br-]. The van der Waals surface area contributed by atoms with Gasteiger partial charge in [-0.3, -0.25) is 4.79 Å². The number of carbonyl (C=O) groups is 1. The van der Waals surface area contributed by atoms with Crippen molar-refractivity contribution in [3.63, 3.8) is 0 Å². The molecule has 0 amide bonds. The summed E-state index contributed by atoms with van der Waals surface area (Å²) in [5, 5.41) is 0. The molecule has 0 unspecified atom stereocenters. The largest absolute Gasteiger partial charge is 1.00 e. The molecule has 0 bridgehead atoms. The van der Waals surface area contributed by atoms with Crippen molar-refractivity contribution in [3.8, 4) is 0 Å². The van der Waals surface area contributed by atoms with Crippen LogP contribution in [0.5, 0.6) is 0 Å². The lowest BCUT2D eigenvalue weighted by atomic mass is 9.96. The lowest BCUT2D eigenvalue weighted by Crippen LogP contribution is -3.00. The normalized spacial score (nSPS) is 18.9. The van der Waals surface area contributed by atoms with E-state index >= 15 is 0 Å². The van der Waals surface area contributed by atoms with Crippen LogP contribution in [-0.2, 0) is 6.54 Å². The molecule has 2 aliphatic rings. The predicted octanol–water partition coefficient (Wildman–Crippen LogP) is -0.261. The number of carbonyl (C=O) groups excluding carboxylic acids is 1. The maximum Gasteiger partial charge on any atom is 0.253 e. The third-order valence-electron chi connectivity index (χ3n) is 3.09. The summed E-state index contributed by atoms with van der Waals surface area (Å²) in [5.41, 5.74) is 1.85. The summed E-state index contributed by atoms with van der Waals surface area (Å²) in [6.07, 6.45) is 3.28. The van der Waals surface area contributed by atoms with Crippen molar-refractivity contribution in [2.45, 2.75) is 25.8 Å². The lowest BCUT2D eigenvalue weighted by molar-refractivity contribution is -0.548. The van der Waals surface area contributed by atoms with Gasteiger partial charge in [-0.15, -0.1) is 11.3 Å². The Morgan fingerprint density at radius 1 is 1.38 bits per heavy atom. The van der Waals surface area contributed by atoms with Crippen LogP contribution in [-0.4, -0.2) is 22.6 Å². The number of thiophene rings is 1. The Morgan fingerprint density at radius 2 is 2.19 bits per heavy atom. The lowest BCUT2D eigenvalue weighted by Gasteiger charge is -2.17. The Balaban J connectivity index is 0.000000963. The molecule has 2 nitrogen and oxygen atoms in total. The van der Waals surface area contributed by atoms with E-state index in [-0.39, 0.29) is 22.8 Å². The highest BCUT2D eigenvalue weighted by atomic mass is 79.9. The molecular formula is C11H11BrClNOS. The fraction of sp³-hybridized carbons (Fsp3) is 0.455. The zero-order valence-corrected chi connectivity index (χ0v) is 11.8. The van der Waals surface area contributed by atoms with Gasteiger partial charge in [0.15, 0.2) is 6.54 Å². The summed E-state index contributed by atoms with van der Waals surface area (Å²) in [7, 11) is 0. The quantitative estimate of drug-likeness (QED) is 0.603. The van der Waals surface area contributed by atoms with Gasteiger partial charge in [0.2, 0.25) is 5.71 Å². The van der Waals surface area contributed by atoms with Crippen LogP contribution in [0.4, 0.5) is 0 Å². The number of Topliss-reactive ketones (excluding diaryl/α,β-unsaturated/α-hetero) is 1. The molecule has 3 rings (SSSR count). The second-order valence-corrected chi connectivity index (χ2v) is 5.81. The minimum Gasteiger partial charge on any atom is -1.00 e. The number of nitrogens with zero attached hydrogens (tertiary/aromatic N) is 1. The standard InChI is InChI=1S/C11H11ClNOS.BrH/c12-10-5-7-9(15-10)6-13-4-2-1-3-8(13)11(7)14;/h5H,1-4,6H2;1H/q+1;/p-1. The Labute approximate surface area is 114 Å². The molecule has 0 spiro atoms. The van der Waals surface area contributed by atoms with Crippen LogP contribution in [0.15, 0.2) is 6.07 Å². The zero-order chi connectivity index (χ0) is 10.4. The van der Waals surface area contributed by atoms with E-state index in [0.29, 0.717) is 0 Å². The Bertz CT molecular complexity index is 480. The van der Waals surface area contributed by atoms with Gasteiger partial charge in [-0.25, -0.2) is 4.58 Å². The molecule has 0 atom stereocenters. The molecule has 86 valence electrons. The van der Waals surface area contributed by atoms with Gasteiger partial charge in [-0.1, -0.05) is 11.6 Å². The first kappa shape index (κ1) is 12.3. The van der Waals surface area contributed by atoms with E-state index in [9.17, 15) is 4.79 Å². The van der Waals surface area contributed by atoms with Crippen molar-refractivity contribution in [1.82, 2.24) is 0 Å². The molecule has 0 saturated heterocycles. The summed E-state index contributed by atoms with van der Waals surface area (Å²) in [6, 6.07) is 1.82. The fourth-order valence-electron chi connectivity index (χ4n) is 2.35. The molecule has 1 aromatic rings. The number of ketones is 1. The van der Waals surface area contributed by atoms with Crippen molar-refractivity contribution >= 4 is 34.4 Å². The molecule has 5 heteroatoms. The van der Waals surface area contributed by atoms with Crippen LogP contribution in [0, 0.1) is 0 Å². The van der Waals surface area contributed by atoms with E-state index in [2.05, 4.69) is 4.58 Å². The molecule has 0 aliphatic carbocycles. The molecule has 2 aliphatic heterocycles. The van der Waals surface area contributed by atoms with Crippen LogP contribution in [0.2, 0.25) is 4.34 Å². The first-order chi connectivity index (χ1) is 7.25. The van der Waals surface area contributed by atoms with Crippen molar-refractivity contribution < 1.29 is 26.4 Å². The summed E-state index contributed by atoms with van der Waals surface area (Å²) < 4.78 is 2.95. The van der Waals surface area contributed by atoms with Crippen molar-refractivity contribution in [1.29, 1.82) is 0 Å². The van der Waals surface area contributed by atoms with E-state index in [1.54, 1.807) is 0 Å². The van der Waals surface area contributed by atoms with Gasteiger partial charge in [-0.2, -0.15) is 0 Å². The van der Waals surface area contributed by atoms with Crippen molar-refractivity contribution in [2.75, 3.05) is 6.54 Å². The van der Waals surface area contributed by atoms with Crippen LogP contribution >= 0.6 is 22.9 Å². The number of halogens is 2. The van der Waals surface area contributed by atoms with Gasteiger partial charge >= 0.3 is 0 Å². The first-order valence-corrected chi connectivity index (χ1v) is 6.39. The number of hydrogen-bond acceptors (Lipinski definition) is 2. The van der Waals surface area contributed by atoms with E-state index in [4.69, 9.17) is 11.6 Å². The van der Waals surface area contributed by atoms with Gasteiger partial charge in [0.25, 0.3) is 5.78 Å². The van der Waals surface area contributed by atoms with Crippen molar-refractivity contribution in [3.05, 3.63) is 20.8 Å². The second-order valence-electron chi connectivity index (χ2n) is 4.04. The third kappa shape index (κ3) is 1.87. The van der Waals surface area contributed by atoms with Gasteiger partial charge in [0.1, 0.15) is 6.54 Å². The Hall–Kier alpha value is -0.190. The third-order valence-corrected chi connectivity index (χ3v) is 4.34. The maximum absolute atomic E-state index is 12.1. The number of hydrogen-bond donors (Lipinski definition) is 0. The molecule has 0 radical (unpaired) electrons. The zero-order valence-electron chi connectivity index (χ0n) is 8.63. The Morgan fingerprint density at radius 3 is 3.00 bits per heavy atom. The van der Waals surface area contributed by atoms with Crippen LogP contribution in [0.25, 0.3) is 0 Å². The molecule has 0 saturated carbocycles. The van der Waals surface area contributed by atoms with E-state index in [1.807, 2.05) is 6.07 Å². The first-order valence-electron chi connectivity index (χ1n) is 5.19. The summed E-state index contributed by atoms with van der Waals surface area (Å²) in [6.45, 7) is 1.91. The minimum atomic E-state index is 0. The van der Waals surface area contributed by atoms with Gasteiger partial charge in [-0.05, 0) is 12.5 Å². The summed E-state index contributed by atoms with van der Waals surface area (Å²) >= 11 is 7.49. The van der Waals surface area contributed by atoms with Gasteiger partial charge in [0, 0.05) is 12.8 Å². The summed E-state index contributed by atoms with van der Waals surface area (Å²) in [4.78, 5) is 13.3. The van der Waals surface area contributed by atoms with Crippen LogP contribution in [0.3, 0.4) is 0 Å². The Kier molecular flexibility index (Phi) is 3.52. The monoisotopic (exact) mass is 319 g/mol. The highest BCUT2D eigenvalue weighted by molar-refractivity contribution is 7.16. The average Bonchev–Trinajstić information content (AvgIpc) is 2.59. The molecule has 0 aromatic carbocycles. The molecule has 0 fully saturated rings. The van der Waals surface area contributed by atoms with E-state index in [0.717, 1.165) is 46.4 Å². The smallest absolute Gasteiger partial charge is 0.253 e. The van der Waals surface area contributed by atoms with E-state index < -0.39 is 0 Å². The minimum absolute atomic E-state index is 0. The van der Waals surface area contributed by atoms with Gasteiger partial charge in [0.05, 0.1) is 14.8 Å². The number of rotatable bonds is 0. The topological polar surface area (TPSA) is 20.1 Å². The van der Waals surface area contributed by atoms with Gasteiger partial charge < -0.3 is 17.0 Å². The predicted molar refractivity (Wildman–Crippen MR) is 61.3 cm³/mol. The van der Waals surface area contributed by atoms with Crippen LogP contribution in [0.1, 0.15) is 34.5 Å². The van der Waals surface area contributed by atoms with Crippen LogP contribution < -0.4 is 17.0 Å². The number of fused-ring (bicyclic) bond motifs is 1. The highest BCUT2D eigenvalue weighted by Gasteiger charge is 2.35. The molecule has 16 heavy (non-hydrogen) atoms. The molecule has 1 aromatic heterocycles. The van der Waals surface area contributed by atoms with Crippen molar-refractivity contribution in [2.24, 2.45) is 0 Å². The fourth-order valence-corrected chi connectivity index (χ4v) is 3.64. The molecule has 3 heterocycles. The maximum atomic E-state index is 12.1. The second kappa shape index (κ2) is 4.59. The van der Waals surface area contributed by atoms with E-state index in [1.165, 1.54) is 17.8 Å². The molecule has 0 N–H and O–H groups in total.